The van der Waals surface area contributed by atoms with Gasteiger partial charge in [0.05, 0.1) is 31.1 Å². The molecule has 15 heteroatoms. The maximum atomic E-state index is 14.7. The molecule has 0 saturated carbocycles. The Morgan fingerprint density at radius 1 is 0.945 bits per heavy atom. The largest absolute Gasteiger partial charge is 0.444 e. The Morgan fingerprint density at radius 2 is 1.60 bits per heavy atom. The Balaban J connectivity index is 1.38. The number of anilines is 1. The molecule has 0 spiro atoms. The van der Waals surface area contributed by atoms with Crippen LogP contribution in [0.2, 0.25) is 0 Å². The van der Waals surface area contributed by atoms with Crippen LogP contribution in [0.4, 0.5) is 19.7 Å². The fraction of sp³-hybridized carbons (Fsp3) is 0.625. The van der Waals surface area contributed by atoms with Crippen LogP contribution < -0.4 is 10.6 Å². The third-order valence-electron chi connectivity index (χ3n) is 10.4. The number of piperazine rings is 1. The topological polar surface area (TPSA) is 131 Å². The molecular weight excluding hydrogens is 709 g/mol. The van der Waals surface area contributed by atoms with Gasteiger partial charge >= 0.3 is 17.9 Å². The van der Waals surface area contributed by atoms with E-state index < -0.39 is 28.4 Å². The van der Waals surface area contributed by atoms with E-state index in [2.05, 4.69) is 21.8 Å². The lowest BCUT2D eigenvalue weighted by Crippen LogP contribution is -2.64. The van der Waals surface area contributed by atoms with Crippen LogP contribution in [-0.4, -0.2) is 129 Å². The second kappa shape index (κ2) is 15.0. The van der Waals surface area contributed by atoms with Crippen LogP contribution in [0, 0.1) is 5.82 Å². The normalized spacial score (nSPS) is 22.2. The molecule has 0 radical (unpaired) electrons. The van der Waals surface area contributed by atoms with Gasteiger partial charge in [0, 0.05) is 68.2 Å². The molecule has 0 unspecified atom stereocenters. The van der Waals surface area contributed by atoms with Crippen molar-refractivity contribution in [2.45, 2.75) is 110 Å². The number of rotatable bonds is 6. The van der Waals surface area contributed by atoms with Gasteiger partial charge in [-0.25, -0.2) is 23.2 Å². The van der Waals surface area contributed by atoms with Gasteiger partial charge in [-0.05, 0) is 79.2 Å². The summed E-state index contributed by atoms with van der Waals surface area (Å²) in [7, 11) is 0. The predicted molar refractivity (Wildman–Crippen MR) is 205 cm³/mol. The number of halogens is 1. The van der Waals surface area contributed by atoms with Crippen LogP contribution in [0.5, 0.6) is 0 Å². The van der Waals surface area contributed by atoms with Crippen LogP contribution in [0.1, 0.15) is 86.1 Å². The lowest BCUT2D eigenvalue weighted by molar-refractivity contribution is -0.121. The number of pyridine rings is 1. The number of nitrogens with zero attached hydrogens (tertiary/aromatic N) is 7. The summed E-state index contributed by atoms with van der Waals surface area (Å²) < 4.78 is 33.1. The van der Waals surface area contributed by atoms with Crippen molar-refractivity contribution >= 4 is 29.4 Å². The Kier molecular flexibility index (Phi) is 11.0. The molecule has 2 aromatic heterocycles. The Labute approximate surface area is 322 Å². The van der Waals surface area contributed by atoms with Gasteiger partial charge < -0.3 is 24.0 Å². The highest BCUT2D eigenvalue weighted by Crippen LogP contribution is 2.42. The molecule has 0 N–H and O–H groups in total. The summed E-state index contributed by atoms with van der Waals surface area (Å²) in [4.78, 5) is 63.5. The van der Waals surface area contributed by atoms with E-state index in [0.717, 1.165) is 16.8 Å². The van der Waals surface area contributed by atoms with Crippen LogP contribution in [-0.2, 0) is 30.8 Å². The first-order valence-corrected chi connectivity index (χ1v) is 19.1. The van der Waals surface area contributed by atoms with Gasteiger partial charge in [0.25, 0.3) is 0 Å². The van der Waals surface area contributed by atoms with Crippen molar-refractivity contribution in [2.24, 2.45) is 0 Å². The van der Waals surface area contributed by atoms with Gasteiger partial charge in [0.15, 0.2) is 5.65 Å². The predicted octanol–water partition coefficient (Wildman–Crippen LogP) is 4.66. The second-order valence-corrected chi connectivity index (χ2v) is 17.9. The summed E-state index contributed by atoms with van der Waals surface area (Å²) in [5.74, 6) is -0.543. The van der Waals surface area contributed by atoms with Crippen molar-refractivity contribution in [2.75, 3.05) is 57.4 Å². The zero-order valence-corrected chi connectivity index (χ0v) is 33.8. The lowest BCUT2D eigenvalue weighted by atomic mass is 9.90. The van der Waals surface area contributed by atoms with Crippen LogP contribution >= 0.6 is 0 Å². The van der Waals surface area contributed by atoms with Crippen molar-refractivity contribution in [1.82, 2.24) is 28.9 Å². The highest BCUT2D eigenvalue weighted by molar-refractivity contribution is 5.98. The molecule has 2 saturated heterocycles. The maximum absolute atomic E-state index is 14.7. The number of hydrogen-bond acceptors (Lipinski definition) is 10. The van der Waals surface area contributed by atoms with Crippen molar-refractivity contribution in [3.8, 4) is 0 Å². The highest BCUT2D eigenvalue weighted by atomic mass is 19.1. The molecule has 2 amide bonds. The van der Waals surface area contributed by atoms with E-state index >= 15 is 0 Å². The third-order valence-corrected chi connectivity index (χ3v) is 10.4. The number of hydrogen-bond donors (Lipinski definition) is 0. The van der Waals surface area contributed by atoms with Crippen molar-refractivity contribution in [3.05, 3.63) is 63.5 Å². The minimum atomic E-state index is -0.910. The first kappa shape index (κ1) is 40.3. The van der Waals surface area contributed by atoms with E-state index in [-0.39, 0.29) is 61.1 Å². The molecule has 0 aliphatic carbocycles. The van der Waals surface area contributed by atoms with E-state index in [1.807, 2.05) is 47.6 Å². The average Bonchev–Trinajstić information content (AvgIpc) is 3.55. The minimum Gasteiger partial charge on any atom is -0.444 e. The minimum absolute atomic E-state index is 0.0722. The van der Waals surface area contributed by atoms with Crippen LogP contribution in [0.15, 0.2) is 35.1 Å². The van der Waals surface area contributed by atoms with Crippen molar-refractivity contribution in [3.63, 3.8) is 0 Å². The number of ether oxygens (including phenoxy) is 3. The smallest absolute Gasteiger partial charge is 0.439 e. The van der Waals surface area contributed by atoms with Crippen LogP contribution in [0.25, 0.3) is 5.65 Å². The summed E-state index contributed by atoms with van der Waals surface area (Å²) >= 11 is 0. The lowest BCUT2D eigenvalue weighted by Gasteiger charge is -2.47. The summed E-state index contributed by atoms with van der Waals surface area (Å²) in [6.07, 6.45) is -1.03. The van der Waals surface area contributed by atoms with Crippen LogP contribution in [0.3, 0.4) is 0 Å². The van der Waals surface area contributed by atoms with Gasteiger partial charge in [0.2, 0.25) is 5.91 Å². The third kappa shape index (κ3) is 8.73. The standard InChI is InChI=1S/C40H56FN7O7/c1-25-19-44(30(20-43-15-16-53-23-26(43)2)21-45(25)36(51)54-38(3,4)5)22-32(49)46-24-40(9,10)33-31(46)18-28(17-27-11-13-29(41)14-12-27)34-42-48(35(50)47(33)34)37(52)55-39(6,7)8/h11-14,18,25-26,30H,15-17,19-24H2,1-10H3/t25-,26-,30+/m1/s1. The molecule has 3 atom stereocenters. The number of morpholine rings is 1. The molecule has 5 heterocycles. The first-order valence-electron chi connectivity index (χ1n) is 19.1. The summed E-state index contributed by atoms with van der Waals surface area (Å²) in [6, 6.07) is 7.68. The van der Waals surface area contributed by atoms with Gasteiger partial charge in [-0.3, -0.25) is 14.6 Å². The van der Waals surface area contributed by atoms with Gasteiger partial charge in [0.1, 0.15) is 17.0 Å². The number of carbonyl (C=O) groups excluding carboxylic acids is 3. The number of fused-ring (bicyclic) bond motifs is 3. The molecule has 2 fully saturated rings. The SMILES string of the molecule is C[C@@H]1COCCN1C[C@H]1CN(C(=O)OC(C)(C)C)[C@H](C)CN1CC(=O)N1CC(C)(C)c2c1cc(Cc1ccc(F)cc1)c1nn(C(=O)OC(C)(C)C)c(=O)n21. The summed E-state index contributed by atoms with van der Waals surface area (Å²) in [5.41, 5.74) is -0.238. The van der Waals surface area contributed by atoms with Gasteiger partial charge in [-0.1, -0.05) is 26.0 Å². The zero-order valence-electron chi connectivity index (χ0n) is 33.8. The highest BCUT2D eigenvalue weighted by Gasteiger charge is 2.44. The Morgan fingerprint density at radius 3 is 2.24 bits per heavy atom. The Bertz CT molecular complexity index is 2000. The number of aromatic nitrogens is 3. The number of carbonyl (C=O) groups is 3. The van der Waals surface area contributed by atoms with E-state index in [4.69, 9.17) is 14.2 Å². The molecule has 3 aliphatic rings. The fourth-order valence-corrected chi connectivity index (χ4v) is 7.81. The molecule has 0 bridgehead atoms. The summed E-state index contributed by atoms with van der Waals surface area (Å²) in [5, 5.41) is 4.49. The molecule has 300 valence electrons. The second-order valence-electron chi connectivity index (χ2n) is 17.9. The first-order chi connectivity index (χ1) is 25.6. The maximum Gasteiger partial charge on any atom is 0.439 e. The fourth-order valence-electron chi connectivity index (χ4n) is 7.81. The molecule has 1 aromatic carbocycles. The van der Waals surface area contributed by atoms with Gasteiger partial charge in [-0.15, -0.1) is 9.78 Å². The summed E-state index contributed by atoms with van der Waals surface area (Å²) in [6.45, 7) is 22.5. The average molecular weight is 766 g/mol. The van der Waals surface area contributed by atoms with E-state index in [1.54, 1.807) is 42.7 Å². The molecular formula is C40H56FN7O7. The molecule has 55 heavy (non-hydrogen) atoms. The van der Waals surface area contributed by atoms with E-state index in [9.17, 15) is 23.6 Å². The van der Waals surface area contributed by atoms with E-state index in [0.29, 0.717) is 49.8 Å². The Hall–Kier alpha value is -4.34. The molecule has 3 aliphatic heterocycles. The van der Waals surface area contributed by atoms with Gasteiger partial charge in [-0.2, -0.15) is 0 Å². The molecule has 14 nitrogen and oxygen atoms in total. The zero-order chi connectivity index (χ0) is 40.2. The monoisotopic (exact) mass is 765 g/mol. The molecule has 3 aromatic rings. The van der Waals surface area contributed by atoms with E-state index in [1.165, 1.54) is 16.5 Å². The number of amides is 2. The van der Waals surface area contributed by atoms with Crippen molar-refractivity contribution in [1.29, 1.82) is 0 Å². The quantitative estimate of drug-likeness (QED) is 0.349. The molecule has 6 rings (SSSR count). The van der Waals surface area contributed by atoms with Crippen molar-refractivity contribution < 1.29 is 33.0 Å². The number of benzene rings is 1.